The topological polar surface area (TPSA) is 161 Å². The lowest BCUT2D eigenvalue weighted by atomic mass is 9.80. The molecule has 0 unspecified atom stereocenters. The molecular formula is C39H44ClN9O4. The zero-order valence-corrected chi connectivity index (χ0v) is 31.0. The minimum Gasteiger partial charge on any atom is -0.481 e. The molecule has 53 heavy (non-hydrogen) atoms. The highest BCUT2D eigenvalue weighted by Gasteiger charge is 2.29. The average Bonchev–Trinajstić information content (AvgIpc) is 3.66. The largest absolute Gasteiger partial charge is 0.481 e. The van der Waals surface area contributed by atoms with Gasteiger partial charge in [0, 0.05) is 75.6 Å². The van der Waals surface area contributed by atoms with Crippen molar-refractivity contribution in [3.8, 4) is 17.2 Å². The van der Waals surface area contributed by atoms with E-state index in [9.17, 15) is 24.8 Å². The Morgan fingerprint density at radius 3 is 2.08 bits per heavy atom. The zero-order valence-electron chi connectivity index (χ0n) is 30.3. The van der Waals surface area contributed by atoms with E-state index >= 15 is 0 Å². The number of hydrogen-bond donors (Lipinski definition) is 3. The highest BCUT2D eigenvalue weighted by atomic mass is 35.5. The van der Waals surface area contributed by atoms with Gasteiger partial charge in [-0.1, -0.05) is 35.9 Å². The molecule has 3 aliphatic rings. The smallest absolute Gasteiger partial charge is 0.306 e. The summed E-state index contributed by atoms with van der Waals surface area (Å²) in [4.78, 5) is 52.3. The predicted octanol–water partition coefficient (Wildman–Crippen LogP) is 5.48. The van der Waals surface area contributed by atoms with Crippen LogP contribution in [0.2, 0.25) is 5.02 Å². The number of anilines is 2. The van der Waals surface area contributed by atoms with Gasteiger partial charge in [-0.25, -0.2) is 9.97 Å². The van der Waals surface area contributed by atoms with Crippen molar-refractivity contribution in [1.82, 2.24) is 28.9 Å². The van der Waals surface area contributed by atoms with Gasteiger partial charge < -0.3 is 29.8 Å². The Balaban J connectivity index is 1.04. The van der Waals surface area contributed by atoms with E-state index in [1.807, 2.05) is 30.3 Å². The van der Waals surface area contributed by atoms with Gasteiger partial charge in [-0.15, -0.1) is 0 Å². The van der Waals surface area contributed by atoms with E-state index < -0.39 is 17.8 Å². The molecule has 0 radical (unpaired) electrons. The quantitative estimate of drug-likeness (QED) is 0.202. The molecule has 2 amide bonds. The number of nitrogens with one attached hydrogen (secondary N) is 2. The number of imidazole rings is 2. The van der Waals surface area contributed by atoms with Gasteiger partial charge in [-0.2, -0.15) is 5.26 Å². The second-order valence-corrected chi connectivity index (χ2v) is 14.9. The van der Waals surface area contributed by atoms with Gasteiger partial charge in [0.25, 0.3) is 11.8 Å². The number of aliphatic carboxylic acids is 1. The standard InChI is InChI=1S/C39H44ClN9O4/c1-46-17-15-32-30(21-46)42-35(47(32)2)37(50)44-28-8-4-6-25(27(28)20-41)26-7-5-9-29(34(26)40)45-38(51)36-43-31-22-49(19-16-33(31)48(36)3)18-14-23-10-12-24(13-11-23)39(52)53/h4-9,23-24H,10-19,21-22H2,1-3H3,(H,44,50)(H,45,51)(H,52,53). The molecule has 276 valence electrons. The highest BCUT2D eigenvalue weighted by molar-refractivity contribution is 6.36. The summed E-state index contributed by atoms with van der Waals surface area (Å²) in [7, 11) is 5.71. The van der Waals surface area contributed by atoms with Crippen LogP contribution in [0.15, 0.2) is 36.4 Å². The third-order valence-corrected chi connectivity index (χ3v) is 11.6. The number of rotatable bonds is 9. The lowest BCUT2D eigenvalue weighted by molar-refractivity contribution is -0.143. The van der Waals surface area contributed by atoms with E-state index in [1.54, 1.807) is 36.4 Å². The van der Waals surface area contributed by atoms with Crippen LogP contribution in [0.3, 0.4) is 0 Å². The van der Waals surface area contributed by atoms with Gasteiger partial charge in [0.2, 0.25) is 0 Å². The number of nitrogens with zero attached hydrogens (tertiary/aromatic N) is 7. The van der Waals surface area contributed by atoms with E-state index in [-0.39, 0.29) is 28.2 Å². The molecule has 0 atom stereocenters. The molecule has 0 bridgehead atoms. The summed E-state index contributed by atoms with van der Waals surface area (Å²) in [6.45, 7) is 4.00. The summed E-state index contributed by atoms with van der Waals surface area (Å²) in [5.74, 6) is -0.573. The fourth-order valence-corrected chi connectivity index (χ4v) is 8.37. The van der Waals surface area contributed by atoms with Crippen LogP contribution < -0.4 is 10.6 Å². The van der Waals surface area contributed by atoms with Crippen molar-refractivity contribution in [2.24, 2.45) is 25.9 Å². The Hall–Kier alpha value is -5.03. The molecule has 1 saturated carbocycles. The van der Waals surface area contributed by atoms with E-state index in [2.05, 4.69) is 31.5 Å². The molecule has 1 aliphatic carbocycles. The number of carboxylic acids is 1. The SMILES string of the molecule is CN1CCc2c(nc(C(=O)Nc3cccc(-c4cccc(NC(=O)c5nc6c(n5C)CCN(CCC5CCC(C(=O)O)CC5)C6)c4Cl)c3C#N)n2C)C1. The summed E-state index contributed by atoms with van der Waals surface area (Å²) in [6, 6.07) is 12.7. The maximum atomic E-state index is 13.7. The first-order valence-corrected chi connectivity index (χ1v) is 18.6. The number of hydrogen-bond acceptors (Lipinski definition) is 8. The minimum absolute atomic E-state index is 0.203. The Bertz CT molecular complexity index is 2120. The third-order valence-electron chi connectivity index (χ3n) is 11.2. The molecule has 4 aromatic rings. The monoisotopic (exact) mass is 737 g/mol. The van der Waals surface area contributed by atoms with E-state index in [4.69, 9.17) is 16.6 Å². The van der Waals surface area contributed by atoms with Crippen LogP contribution in [-0.2, 0) is 44.8 Å². The van der Waals surface area contributed by atoms with Crippen LogP contribution in [0.5, 0.6) is 0 Å². The number of nitriles is 1. The van der Waals surface area contributed by atoms with Crippen molar-refractivity contribution in [1.29, 1.82) is 5.26 Å². The first-order valence-electron chi connectivity index (χ1n) is 18.2. The van der Waals surface area contributed by atoms with Crippen LogP contribution in [-0.4, -0.2) is 78.5 Å². The fourth-order valence-electron chi connectivity index (χ4n) is 8.10. The lowest BCUT2D eigenvalue weighted by Crippen LogP contribution is -2.33. The second kappa shape index (κ2) is 15.1. The van der Waals surface area contributed by atoms with E-state index in [0.717, 1.165) is 87.4 Å². The number of likely N-dealkylation sites (N-methyl/N-ethyl adjacent to an activating group) is 1. The number of carbonyl (C=O) groups is 3. The van der Waals surface area contributed by atoms with Crippen molar-refractivity contribution < 1.29 is 19.5 Å². The van der Waals surface area contributed by atoms with E-state index in [0.29, 0.717) is 41.5 Å². The maximum absolute atomic E-state index is 13.7. The number of benzene rings is 2. The summed E-state index contributed by atoms with van der Waals surface area (Å²) >= 11 is 6.94. The normalized spacial score (nSPS) is 18.8. The molecule has 4 heterocycles. The molecule has 2 aliphatic heterocycles. The van der Waals surface area contributed by atoms with Crippen LogP contribution in [0.1, 0.15) is 81.7 Å². The first-order chi connectivity index (χ1) is 25.5. The Morgan fingerprint density at radius 1 is 0.849 bits per heavy atom. The summed E-state index contributed by atoms with van der Waals surface area (Å²) in [5, 5.41) is 25.7. The lowest BCUT2D eigenvalue weighted by Gasteiger charge is -2.30. The zero-order chi connectivity index (χ0) is 37.4. The van der Waals surface area contributed by atoms with Gasteiger partial charge >= 0.3 is 5.97 Å². The average molecular weight is 738 g/mol. The number of fused-ring (bicyclic) bond motifs is 2. The number of carboxylic acid groups (broad SMARTS) is 1. The second-order valence-electron chi connectivity index (χ2n) is 14.5. The summed E-state index contributed by atoms with van der Waals surface area (Å²) < 4.78 is 3.67. The number of aromatic nitrogens is 4. The Morgan fingerprint density at radius 2 is 1.43 bits per heavy atom. The summed E-state index contributed by atoms with van der Waals surface area (Å²) in [6.07, 6.45) is 6.03. The first kappa shape index (κ1) is 36.3. The van der Waals surface area contributed by atoms with Gasteiger partial charge in [-0.3, -0.25) is 19.3 Å². The summed E-state index contributed by atoms with van der Waals surface area (Å²) in [5.41, 5.74) is 5.80. The number of carbonyl (C=O) groups excluding carboxylic acids is 2. The fraction of sp³-hybridized carbons (Fsp3) is 0.436. The van der Waals surface area contributed by atoms with Gasteiger partial charge in [0.1, 0.15) is 6.07 Å². The maximum Gasteiger partial charge on any atom is 0.306 e. The van der Waals surface area contributed by atoms with Crippen molar-refractivity contribution >= 4 is 40.8 Å². The molecule has 3 N–H and O–H groups in total. The highest BCUT2D eigenvalue weighted by Crippen LogP contribution is 2.38. The molecule has 7 rings (SSSR count). The van der Waals surface area contributed by atoms with Crippen molar-refractivity contribution in [3.63, 3.8) is 0 Å². The van der Waals surface area contributed by atoms with Crippen molar-refractivity contribution in [2.75, 3.05) is 37.3 Å². The molecular weight excluding hydrogens is 694 g/mol. The molecule has 14 heteroatoms. The van der Waals surface area contributed by atoms with Crippen LogP contribution in [0.4, 0.5) is 11.4 Å². The van der Waals surface area contributed by atoms with E-state index in [1.165, 1.54) is 0 Å². The molecule has 1 fully saturated rings. The van der Waals surface area contributed by atoms with Crippen LogP contribution in [0.25, 0.3) is 11.1 Å². The van der Waals surface area contributed by atoms with Crippen LogP contribution >= 0.6 is 11.6 Å². The van der Waals surface area contributed by atoms with Crippen molar-refractivity contribution in [3.05, 3.63) is 81.4 Å². The number of halogens is 1. The van der Waals surface area contributed by atoms with Crippen molar-refractivity contribution in [2.45, 2.75) is 58.0 Å². The molecule has 0 spiro atoms. The molecule has 0 saturated heterocycles. The molecule has 13 nitrogen and oxygen atoms in total. The third kappa shape index (κ3) is 7.31. The number of amides is 2. The predicted molar refractivity (Wildman–Crippen MR) is 201 cm³/mol. The van der Waals surface area contributed by atoms with Gasteiger partial charge in [0.15, 0.2) is 11.6 Å². The Labute approximate surface area is 313 Å². The van der Waals surface area contributed by atoms with Crippen LogP contribution in [0, 0.1) is 23.2 Å². The van der Waals surface area contributed by atoms with Gasteiger partial charge in [-0.05, 0) is 63.7 Å². The Kier molecular flexibility index (Phi) is 10.4. The minimum atomic E-state index is -0.676. The molecule has 2 aromatic carbocycles. The molecule has 2 aromatic heterocycles. The van der Waals surface area contributed by atoms with Gasteiger partial charge in [0.05, 0.1) is 39.3 Å².